The Morgan fingerprint density at radius 3 is 1.63 bits per heavy atom. The molecule has 0 saturated carbocycles. The summed E-state index contributed by atoms with van der Waals surface area (Å²) < 4.78 is 18.0. The van der Waals surface area contributed by atoms with E-state index >= 15 is 0 Å². The molecule has 2 saturated heterocycles. The predicted octanol–water partition coefficient (Wildman–Crippen LogP) is 8.94. The Hall–Kier alpha value is -0.630. The lowest BCUT2D eigenvalue weighted by atomic mass is 9.86. The molecule has 10 nitrogen and oxygen atoms in total. The molecule has 1 aromatic rings. The van der Waals surface area contributed by atoms with E-state index in [-0.39, 0.29) is 39.4 Å². The molecule has 57 heavy (non-hydrogen) atoms. The van der Waals surface area contributed by atoms with E-state index in [0.717, 1.165) is 64.2 Å². The van der Waals surface area contributed by atoms with Crippen molar-refractivity contribution in [2.75, 3.05) is 6.61 Å². The molecule has 0 aromatic heterocycles. The molecule has 332 valence electrons. The van der Waals surface area contributed by atoms with Gasteiger partial charge in [0.1, 0.15) is 54.2 Å². The SMILES string of the molecule is CCCCCCCCC[C@@H](Cl)CCCCCc1c(Cl)c(O[C@@H]2O[C@@H](C)[C@H](O)[C@@H](O)[C@H]2O)c(CCCCC[C@@H](Cl)CCCCCC)c(O)c1[C@@H]1OC[C@@H](O)[C@H](O)[C@H]1O. The van der Waals surface area contributed by atoms with Gasteiger partial charge in [0.15, 0.2) is 0 Å². The first-order valence-corrected chi connectivity index (χ1v) is 23.4. The number of hydrogen-bond donors (Lipinski definition) is 7. The van der Waals surface area contributed by atoms with Crippen LogP contribution in [-0.4, -0.2) is 102 Å². The molecule has 1 aromatic carbocycles. The first-order chi connectivity index (χ1) is 27.3. The Balaban J connectivity index is 1.83. The zero-order valence-corrected chi connectivity index (χ0v) is 37.1. The first kappa shape index (κ1) is 50.7. The molecule has 11 atom stereocenters. The van der Waals surface area contributed by atoms with E-state index in [1.165, 1.54) is 57.8 Å². The molecule has 2 fully saturated rings. The average molecular weight is 870 g/mol. The number of phenols is 1. The quantitative estimate of drug-likeness (QED) is 0.0319. The minimum Gasteiger partial charge on any atom is -0.507 e. The summed E-state index contributed by atoms with van der Waals surface area (Å²) in [5.41, 5.74) is 0.964. The van der Waals surface area contributed by atoms with Gasteiger partial charge in [0.2, 0.25) is 6.29 Å². The summed E-state index contributed by atoms with van der Waals surface area (Å²) in [6.45, 7) is 5.70. The number of unbranched alkanes of at least 4 members (excludes halogenated alkanes) is 13. The van der Waals surface area contributed by atoms with Crippen LogP contribution in [0.4, 0.5) is 0 Å². The Morgan fingerprint density at radius 1 is 0.614 bits per heavy atom. The molecular weight excluding hydrogens is 795 g/mol. The molecule has 2 heterocycles. The second kappa shape index (κ2) is 27.3. The number of aliphatic hydroxyl groups is 6. The number of alkyl halides is 2. The van der Waals surface area contributed by atoms with E-state index in [1.54, 1.807) is 6.92 Å². The minimum absolute atomic E-state index is 0.0697. The zero-order valence-electron chi connectivity index (χ0n) is 34.8. The highest BCUT2D eigenvalue weighted by atomic mass is 35.5. The number of rotatable bonds is 28. The minimum atomic E-state index is -1.62. The van der Waals surface area contributed by atoms with Crippen LogP contribution in [-0.2, 0) is 22.3 Å². The van der Waals surface area contributed by atoms with Gasteiger partial charge in [-0.1, -0.05) is 122 Å². The van der Waals surface area contributed by atoms with Gasteiger partial charge in [-0.05, 0) is 63.9 Å². The summed E-state index contributed by atoms with van der Waals surface area (Å²) >= 11 is 20.6. The molecule has 0 radical (unpaired) electrons. The maximum atomic E-state index is 12.2. The normalized spacial score (nSPS) is 27.8. The second-order valence-corrected chi connectivity index (χ2v) is 18.2. The average Bonchev–Trinajstić information content (AvgIpc) is 3.19. The molecule has 2 aliphatic heterocycles. The fourth-order valence-electron chi connectivity index (χ4n) is 8.09. The van der Waals surface area contributed by atoms with Crippen molar-refractivity contribution in [3.05, 3.63) is 21.7 Å². The maximum absolute atomic E-state index is 12.2. The van der Waals surface area contributed by atoms with Gasteiger partial charge in [0.05, 0.1) is 17.7 Å². The number of aromatic hydroxyl groups is 1. The fourth-order valence-corrected chi connectivity index (χ4v) is 9.06. The lowest BCUT2D eigenvalue weighted by Crippen LogP contribution is -2.58. The summed E-state index contributed by atoms with van der Waals surface area (Å²) in [5, 5.41) is 76.4. The van der Waals surface area contributed by atoms with Crippen molar-refractivity contribution in [1.29, 1.82) is 0 Å². The van der Waals surface area contributed by atoms with Crippen LogP contribution >= 0.6 is 34.8 Å². The molecule has 0 spiro atoms. The number of ether oxygens (including phenoxy) is 3. The number of aliphatic hydroxyl groups excluding tert-OH is 6. The molecule has 0 amide bonds. The number of halogens is 3. The van der Waals surface area contributed by atoms with Gasteiger partial charge in [-0.15, -0.1) is 23.2 Å². The van der Waals surface area contributed by atoms with Gasteiger partial charge in [0, 0.05) is 21.9 Å². The molecule has 3 rings (SSSR count). The summed E-state index contributed by atoms with van der Waals surface area (Å²) in [6, 6.07) is 0. The van der Waals surface area contributed by atoms with E-state index in [9.17, 15) is 35.7 Å². The van der Waals surface area contributed by atoms with Crippen LogP contribution in [0.3, 0.4) is 0 Å². The molecule has 7 N–H and O–H groups in total. The highest BCUT2D eigenvalue weighted by Crippen LogP contribution is 2.49. The third kappa shape index (κ3) is 16.0. The van der Waals surface area contributed by atoms with Gasteiger partial charge >= 0.3 is 0 Å². The number of benzene rings is 1. The lowest BCUT2D eigenvalue weighted by molar-refractivity contribution is -0.268. The smallest absolute Gasteiger partial charge is 0.229 e. The molecule has 0 unspecified atom stereocenters. The monoisotopic (exact) mass is 868 g/mol. The largest absolute Gasteiger partial charge is 0.507 e. The van der Waals surface area contributed by atoms with E-state index in [2.05, 4.69) is 13.8 Å². The summed E-state index contributed by atoms with van der Waals surface area (Å²) in [6.07, 6.45) is 9.99. The molecule has 2 aliphatic rings. The molecular formula is C44H75Cl3O10. The summed E-state index contributed by atoms with van der Waals surface area (Å²) in [5.74, 6) is -0.155. The van der Waals surface area contributed by atoms with Crippen LogP contribution in [0.25, 0.3) is 0 Å². The Morgan fingerprint density at radius 2 is 1.09 bits per heavy atom. The van der Waals surface area contributed by atoms with Crippen LogP contribution in [0, 0.1) is 0 Å². The van der Waals surface area contributed by atoms with Crippen molar-refractivity contribution in [2.45, 2.75) is 234 Å². The third-order valence-electron chi connectivity index (χ3n) is 11.8. The highest BCUT2D eigenvalue weighted by molar-refractivity contribution is 6.33. The molecule has 13 heteroatoms. The maximum Gasteiger partial charge on any atom is 0.229 e. The van der Waals surface area contributed by atoms with Crippen molar-refractivity contribution in [2.24, 2.45) is 0 Å². The summed E-state index contributed by atoms with van der Waals surface area (Å²) in [4.78, 5) is 0. The predicted molar refractivity (Wildman–Crippen MR) is 228 cm³/mol. The van der Waals surface area contributed by atoms with E-state index < -0.39 is 55.1 Å². The topological polar surface area (TPSA) is 169 Å². The fraction of sp³-hybridized carbons (Fsp3) is 0.864. The van der Waals surface area contributed by atoms with Crippen LogP contribution in [0.5, 0.6) is 11.5 Å². The van der Waals surface area contributed by atoms with E-state index in [0.29, 0.717) is 36.8 Å². The Kier molecular flexibility index (Phi) is 24.3. The van der Waals surface area contributed by atoms with Crippen LogP contribution in [0.1, 0.15) is 178 Å². The van der Waals surface area contributed by atoms with E-state index in [4.69, 9.17) is 49.0 Å². The van der Waals surface area contributed by atoms with Gasteiger partial charge in [-0.3, -0.25) is 0 Å². The molecule has 0 bridgehead atoms. The first-order valence-electron chi connectivity index (χ1n) is 22.2. The Labute approximate surface area is 357 Å². The van der Waals surface area contributed by atoms with Crippen LogP contribution in [0.2, 0.25) is 5.02 Å². The van der Waals surface area contributed by atoms with Gasteiger partial charge in [0.25, 0.3) is 0 Å². The number of hydrogen-bond acceptors (Lipinski definition) is 10. The standard InChI is InChI=1S/C44H75Cl3O10/c1-4-6-8-10-11-12-16-22-30(46)23-17-13-19-25-31-34(43-40(53)38(51)33(48)27-55-43)37(50)32(26-20-14-18-24-29(45)21-15-9-7-5-2)42(35(31)47)57-44-41(54)39(52)36(49)28(3)56-44/h28-30,33,36,38-41,43-44,48-54H,4-27H2,1-3H3/t28-,29-,30+,33+,36-,38-,39+,40+,41+,43-,44-/m0/s1. The zero-order chi connectivity index (χ0) is 41.9. The van der Waals surface area contributed by atoms with Gasteiger partial charge < -0.3 is 50.0 Å². The number of phenolic OH excluding ortho intramolecular Hbond substituents is 1. The Bertz CT molecular complexity index is 1260. The lowest BCUT2D eigenvalue weighted by Gasteiger charge is -2.40. The van der Waals surface area contributed by atoms with Crippen molar-refractivity contribution in [1.82, 2.24) is 0 Å². The van der Waals surface area contributed by atoms with E-state index in [1.807, 2.05) is 0 Å². The van der Waals surface area contributed by atoms with Crippen molar-refractivity contribution >= 4 is 34.8 Å². The second-order valence-electron chi connectivity index (χ2n) is 16.6. The third-order valence-corrected chi connectivity index (χ3v) is 13.1. The highest BCUT2D eigenvalue weighted by Gasteiger charge is 2.45. The van der Waals surface area contributed by atoms with Crippen molar-refractivity contribution < 1.29 is 50.0 Å². The molecule has 0 aliphatic carbocycles. The van der Waals surface area contributed by atoms with Gasteiger partial charge in [-0.2, -0.15) is 0 Å². The van der Waals surface area contributed by atoms with Gasteiger partial charge in [-0.25, -0.2) is 0 Å². The van der Waals surface area contributed by atoms with Crippen molar-refractivity contribution in [3.8, 4) is 11.5 Å². The van der Waals surface area contributed by atoms with Crippen LogP contribution in [0.15, 0.2) is 0 Å². The van der Waals surface area contributed by atoms with Crippen molar-refractivity contribution in [3.63, 3.8) is 0 Å². The summed E-state index contributed by atoms with van der Waals surface area (Å²) in [7, 11) is 0. The van der Waals surface area contributed by atoms with Crippen LogP contribution < -0.4 is 4.74 Å².